The maximum atomic E-state index is 10.8. The summed E-state index contributed by atoms with van der Waals surface area (Å²) in [6.45, 7) is 8.21. The van der Waals surface area contributed by atoms with Crippen LogP contribution in [0.4, 0.5) is 5.69 Å². The van der Waals surface area contributed by atoms with Gasteiger partial charge in [-0.15, -0.1) is 0 Å². The van der Waals surface area contributed by atoms with E-state index in [4.69, 9.17) is 12.2 Å². The molecule has 0 fully saturated rings. The largest absolute Gasteiger partial charge is 0.504 e. The quantitative estimate of drug-likeness (QED) is 0.288. The van der Waals surface area contributed by atoms with E-state index in [2.05, 4.69) is 46.9 Å². The van der Waals surface area contributed by atoms with Gasteiger partial charge in [-0.3, -0.25) is 10.1 Å². The summed E-state index contributed by atoms with van der Waals surface area (Å²) in [6, 6.07) is 16.1. The minimum atomic E-state index is 0.0968. The van der Waals surface area contributed by atoms with Gasteiger partial charge in [0.1, 0.15) is 5.69 Å². The Balaban J connectivity index is 1.74. The molecule has 0 unspecified atom stereocenters. The molecule has 0 atom stereocenters. The van der Waals surface area contributed by atoms with Crippen LogP contribution in [0.15, 0.2) is 53.6 Å². The Kier molecular flexibility index (Phi) is 7.07. The SMILES string of the molecule is C/C(=N\NC(=S)Nc1ccc(C)cc1)c1nn(C)c(-c2ccc(CC(C)C)cc2)c1O. The normalized spacial score (nSPS) is 11.6. The highest BCUT2D eigenvalue weighted by Crippen LogP contribution is 2.32. The van der Waals surface area contributed by atoms with E-state index in [-0.39, 0.29) is 5.75 Å². The highest BCUT2D eigenvalue weighted by Gasteiger charge is 2.19. The summed E-state index contributed by atoms with van der Waals surface area (Å²) in [5.74, 6) is 0.695. The van der Waals surface area contributed by atoms with Crippen molar-refractivity contribution in [3.63, 3.8) is 0 Å². The first-order chi connectivity index (χ1) is 14.7. The summed E-state index contributed by atoms with van der Waals surface area (Å²) < 4.78 is 1.67. The third-order valence-electron chi connectivity index (χ3n) is 4.87. The molecule has 0 spiro atoms. The maximum Gasteiger partial charge on any atom is 0.191 e. The van der Waals surface area contributed by atoms with Crippen molar-refractivity contribution in [1.82, 2.24) is 15.2 Å². The minimum absolute atomic E-state index is 0.0968. The van der Waals surface area contributed by atoms with Crippen molar-refractivity contribution >= 4 is 28.7 Å². The second kappa shape index (κ2) is 9.75. The van der Waals surface area contributed by atoms with Crippen LogP contribution >= 0.6 is 12.2 Å². The fourth-order valence-electron chi connectivity index (χ4n) is 3.33. The molecule has 0 saturated heterocycles. The van der Waals surface area contributed by atoms with Crippen LogP contribution in [0.25, 0.3) is 11.3 Å². The van der Waals surface area contributed by atoms with Gasteiger partial charge in [-0.1, -0.05) is 55.8 Å². The van der Waals surface area contributed by atoms with Gasteiger partial charge >= 0.3 is 0 Å². The molecule has 31 heavy (non-hydrogen) atoms. The van der Waals surface area contributed by atoms with Crippen LogP contribution in [0.3, 0.4) is 0 Å². The molecule has 3 N–H and O–H groups in total. The highest BCUT2D eigenvalue weighted by molar-refractivity contribution is 7.80. The first-order valence-corrected chi connectivity index (χ1v) is 10.7. The third-order valence-corrected chi connectivity index (χ3v) is 5.06. The van der Waals surface area contributed by atoms with Crippen molar-refractivity contribution in [3.8, 4) is 17.0 Å². The first-order valence-electron chi connectivity index (χ1n) is 10.3. The Labute approximate surface area is 189 Å². The molecule has 1 heterocycles. The molecular formula is C24H29N5OS. The number of hydrazone groups is 1. The molecule has 3 rings (SSSR count). The zero-order chi connectivity index (χ0) is 22.5. The second-order valence-corrected chi connectivity index (χ2v) is 8.50. The van der Waals surface area contributed by atoms with Gasteiger partial charge in [0.15, 0.2) is 16.6 Å². The molecule has 0 saturated carbocycles. The van der Waals surface area contributed by atoms with Crippen molar-refractivity contribution in [2.75, 3.05) is 5.32 Å². The van der Waals surface area contributed by atoms with Crippen LogP contribution in [0, 0.1) is 12.8 Å². The third kappa shape index (κ3) is 5.70. The molecule has 0 aliphatic rings. The Morgan fingerprint density at radius 1 is 1.13 bits per heavy atom. The molecule has 2 aromatic carbocycles. The average Bonchev–Trinajstić information content (AvgIpc) is 3.02. The minimum Gasteiger partial charge on any atom is -0.504 e. The lowest BCUT2D eigenvalue weighted by molar-refractivity contribution is 0.475. The lowest BCUT2D eigenvalue weighted by Crippen LogP contribution is -2.25. The predicted molar refractivity (Wildman–Crippen MR) is 132 cm³/mol. The number of nitrogens with one attached hydrogen (secondary N) is 2. The fraction of sp³-hybridized carbons (Fsp3) is 0.292. The smallest absolute Gasteiger partial charge is 0.191 e. The highest BCUT2D eigenvalue weighted by atomic mass is 32.1. The Morgan fingerprint density at radius 3 is 2.39 bits per heavy atom. The number of thiocarbonyl (C=S) groups is 1. The van der Waals surface area contributed by atoms with E-state index in [9.17, 15) is 5.11 Å². The Morgan fingerprint density at radius 2 is 1.77 bits per heavy atom. The number of aromatic nitrogens is 2. The van der Waals surface area contributed by atoms with Crippen LogP contribution in [-0.4, -0.2) is 25.7 Å². The molecule has 0 aliphatic carbocycles. The van der Waals surface area contributed by atoms with Crippen molar-refractivity contribution in [3.05, 3.63) is 65.4 Å². The molecule has 0 bridgehead atoms. The van der Waals surface area contributed by atoms with Gasteiger partial charge < -0.3 is 10.4 Å². The number of hydrogen-bond acceptors (Lipinski definition) is 4. The number of aromatic hydroxyl groups is 1. The monoisotopic (exact) mass is 435 g/mol. The molecular weight excluding hydrogens is 406 g/mol. The lowest BCUT2D eigenvalue weighted by atomic mass is 10.0. The fourth-order valence-corrected chi connectivity index (χ4v) is 3.50. The van der Waals surface area contributed by atoms with Gasteiger partial charge in [-0.05, 0) is 56.1 Å². The van der Waals surface area contributed by atoms with E-state index in [1.54, 1.807) is 11.6 Å². The molecule has 162 valence electrons. The summed E-state index contributed by atoms with van der Waals surface area (Å²) in [4.78, 5) is 0. The Bertz CT molecular complexity index is 1080. The van der Waals surface area contributed by atoms with Gasteiger partial charge in [0.25, 0.3) is 0 Å². The van der Waals surface area contributed by atoms with Crippen LogP contribution < -0.4 is 10.7 Å². The van der Waals surface area contributed by atoms with E-state index in [0.29, 0.717) is 28.1 Å². The lowest BCUT2D eigenvalue weighted by Gasteiger charge is -2.08. The van der Waals surface area contributed by atoms with Crippen molar-refractivity contribution in [1.29, 1.82) is 0 Å². The number of anilines is 1. The molecule has 1 aromatic heterocycles. The van der Waals surface area contributed by atoms with Gasteiger partial charge in [0.2, 0.25) is 0 Å². The van der Waals surface area contributed by atoms with Crippen LogP contribution in [0.2, 0.25) is 0 Å². The maximum absolute atomic E-state index is 10.8. The van der Waals surface area contributed by atoms with Crippen molar-refractivity contribution in [2.24, 2.45) is 18.1 Å². The molecule has 0 amide bonds. The molecule has 3 aromatic rings. The van der Waals surface area contributed by atoms with Gasteiger partial charge in [-0.25, -0.2) is 0 Å². The summed E-state index contributed by atoms with van der Waals surface area (Å²) in [7, 11) is 1.81. The Hall–Kier alpha value is -3.19. The molecule has 7 heteroatoms. The number of rotatable bonds is 6. The van der Waals surface area contributed by atoms with Gasteiger partial charge in [-0.2, -0.15) is 10.2 Å². The summed E-state index contributed by atoms with van der Waals surface area (Å²) in [5, 5.41) is 23.0. The van der Waals surface area contributed by atoms with Gasteiger partial charge in [0, 0.05) is 18.3 Å². The molecule has 6 nitrogen and oxygen atoms in total. The zero-order valence-electron chi connectivity index (χ0n) is 18.6. The van der Waals surface area contributed by atoms with E-state index in [0.717, 1.165) is 17.7 Å². The van der Waals surface area contributed by atoms with Crippen molar-refractivity contribution in [2.45, 2.75) is 34.1 Å². The van der Waals surface area contributed by atoms with E-state index in [1.165, 1.54) is 11.1 Å². The zero-order valence-corrected chi connectivity index (χ0v) is 19.4. The van der Waals surface area contributed by atoms with Crippen LogP contribution in [0.5, 0.6) is 5.75 Å². The number of hydrogen-bond donors (Lipinski definition) is 3. The van der Waals surface area contributed by atoms with Crippen molar-refractivity contribution < 1.29 is 5.11 Å². The summed E-state index contributed by atoms with van der Waals surface area (Å²) in [5.41, 5.74) is 8.64. The molecule has 0 aliphatic heterocycles. The summed E-state index contributed by atoms with van der Waals surface area (Å²) in [6.07, 6.45) is 1.02. The second-order valence-electron chi connectivity index (χ2n) is 8.09. The topological polar surface area (TPSA) is 74.5 Å². The summed E-state index contributed by atoms with van der Waals surface area (Å²) >= 11 is 5.30. The van der Waals surface area contributed by atoms with E-state index in [1.807, 2.05) is 50.4 Å². The predicted octanol–water partition coefficient (Wildman–Crippen LogP) is 5.01. The standard InChI is InChI=1S/C24H29N5OS/c1-15(2)14-18-8-10-19(11-9-18)22-23(30)21(28-29(22)5)17(4)26-27-24(31)25-20-12-6-16(3)7-13-20/h6-13,15,30H,14H2,1-5H3,(H2,25,27,31)/b26-17+. The average molecular weight is 436 g/mol. The number of nitrogens with zero attached hydrogens (tertiary/aromatic N) is 3. The number of benzene rings is 2. The first kappa shape index (κ1) is 22.5. The number of aryl methyl sites for hydroxylation is 2. The van der Waals surface area contributed by atoms with E-state index < -0.39 is 0 Å². The van der Waals surface area contributed by atoms with E-state index >= 15 is 0 Å². The van der Waals surface area contributed by atoms with Gasteiger partial charge in [0.05, 0.1) is 5.71 Å². The molecule has 0 radical (unpaired) electrons. The van der Waals surface area contributed by atoms with Crippen LogP contribution in [-0.2, 0) is 13.5 Å². The van der Waals surface area contributed by atoms with Crippen LogP contribution in [0.1, 0.15) is 37.6 Å².